The number of hydrogen-bond donors (Lipinski definition) is 1. The highest BCUT2D eigenvalue weighted by Gasteiger charge is 2.23. The second-order valence-corrected chi connectivity index (χ2v) is 6.64. The van der Waals surface area contributed by atoms with Crippen LogP contribution in [0.1, 0.15) is 29.7 Å². The van der Waals surface area contributed by atoms with Gasteiger partial charge in [-0.05, 0) is 38.0 Å². The lowest BCUT2D eigenvalue weighted by Gasteiger charge is -2.35. The molecule has 6 nitrogen and oxygen atoms in total. The van der Waals surface area contributed by atoms with Crippen LogP contribution in [0.3, 0.4) is 0 Å². The molecule has 1 aromatic carbocycles. The molecule has 1 aromatic heterocycles. The highest BCUT2D eigenvalue weighted by Crippen LogP contribution is 2.25. The van der Waals surface area contributed by atoms with Gasteiger partial charge in [-0.2, -0.15) is 10.4 Å². The molecule has 138 valence electrons. The minimum Gasteiger partial charge on any atom is -0.481 e. The number of aryl methyl sites for hydroxylation is 2. The zero-order chi connectivity index (χ0) is 18.7. The van der Waals surface area contributed by atoms with E-state index in [1.807, 2.05) is 24.9 Å². The van der Waals surface area contributed by atoms with Gasteiger partial charge in [0.05, 0.1) is 35.7 Å². The molecule has 1 aliphatic rings. The lowest BCUT2D eigenvalue weighted by molar-refractivity contribution is 0.363. The summed E-state index contributed by atoms with van der Waals surface area (Å²) in [5.41, 5.74) is 2.90. The molecule has 1 fully saturated rings. The van der Waals surface area contributed by atoms with E-state index in [1.165, 1.54) is 6.07 Å². The zero-order valence-corrected chi connectivity index (χ0v) is 15.4. The number of halogens is 1. The monoisotopic (exact) mass is 357 g/mol. The summed E-state index contributed by atoms with van der Waals surface area (Å²) in [6.45, 7) is 4.18. The molecule has 1 N–H and O–H groups in total. The fourth-order valence-corrected chi connectivity index (χ4v) is 3.58. The normalized spacial score (nSPS) is 17.2. The minimum absolute atomic E-state index is 0.253. The van der Waals surface area contributed by atoms with Crippen molar-refractivity contribution in [3.63, 3.8) is 0 Å². The van der Waals surface area contributed by atoms with Crippen LogP contribution in [0.4, 0.5) is 10.1 Å². The average Bonchev–Trinajstić information content (AvgIpc) is 2.92. The van der Waals surface area contributed by atoms with E-state index in [4.69, 9.17) is 10.00 Å². The predicted molar refractivity (Wildman–Crippen MR) is 97.7 cm³/mol. The third-order valence-electron chi connectivity index (χ3n) is 4.89. The van der Waals surface area contributed by atoms with Crippen molar-refractivity contribution in [1.29, 1.82) is 5.26 Å². The van der Waals surface area contributed by atoms with Gasteiger partial charge >= 0.3 is 0 Å². The second kappa shape index (κ2) is 7.75. The van der Waals surface area contributed by atoms with Gasteiger partial charge in [-0.1, -0.05) is 0 Å². The molecule has 0 spiro atoms. The Kier molecular flexibility index (Phi) is 5.43. The summed E-state index contributed by atoms with van der Waals surface area (Å²) in [6.07, 6.45) is 2.02. The molecule has 2 aromatic rings. The van der Waals surface area contributed by atoms with Crippen LogP contribution in [0, 0.1) is 24.1 Å². The molecule has 0 amide bonds. The Hall–Kier alpha value is -2.59. The number of ether oxygens (including phenoxy) is 1. The topological polar surface area (TPSA) is 66.1 Å². The number of rotatable bonds is 5. The van der Waals surface area contributed by atoms with Gasteiger partial charge in [0.25, 0.3) is 0 Å². The van der Waals surface area contributed by atoms with Crippen molar-refractivity contribution >= 4 is 5.69 Å². The number of nitrogens with one attached hydrogen (secondary N) is 1. The average molecular weight is 357 g/mol. The van der Waals surface area contributed by atoms with Crippen LogP contribution in [0.2, 0.25) is 0 Å². The van der Waals surface area contributed by atoms with Gasteiger partial charge in [0.2, 0.25) is 5.88 Å². The molecule has 0 saturated carbocycles. The summed E-state index contributed by atoms with van der Waals surface area (Å²) in [5.74, 6) is 0.426. The molecule has 1 saturated heterocycles. The molecule has 7 heteroatoms. The van der Waals surface area contributed by atoms with E-state index in [-0.39, 0.29) is 11.9 Å². The Bertz CT molecular complexity index is 826. The van der Waals surface area contributed by atoms with Gasteiger partial charge in [-0.3, -0.25) is 0 Å². The fraction of sp³-hybridized carbons (Fsp3) is 0.474. The number of nitriles is 1. The van der Waals surface area contributed by atoms with Crippen molar-refractivity contribution < 1.29 is 9.13 Å². The van der Waals surface area contributed by atoms with E-state index in [0.29, 0.717) is 17.8 Å². The number of anilines is 1. The molecule has 26 heavy (non-hydrogen) atoms. The standard InChI is InChI=1S/C19H24FN5O/c1-13-16(19(26-3)24(2)23-13)11-22-15-5-4-8-25(12-15)18-7-6-14(10-21)9-17(18)20/h6-7,9,15,22H,4-5,8,11-12H2,1-3H3. The Morgan fingerprint density at radius 1 is 1.46 bits per heavy atom. The van der Waals surface area contributed by atoms with E-state index < -0.39 is 0 Å². The number of benzene rings is 1. The van der Waals surface area contributed by atoms with Crippen LogP contribution >= 0.6 is 0 Å². The first-order chi connectivity index (χ1) is 12.5. The first-order valence-electron chi connectivity index (χ1n) is 8.78. The maximum Gasteiger partial charge on any atom is 0.216 e. The molecule has 2 heterocycles. The lowest BCUT2D eigenvalue weighted by atomic mass is 10.0. The van der Waals surface area contributed by atoms with Crippen LogP contribution in [0.15, 0.2) is 18.2 Å². The van der Waals surface area contributed by atoms with Crippen molar-refractivity contribution in [3.8, 4) is 11.9 Å². The van der Waals surface area contributed by atoms with E-state index in [1.54, 1.807) is 23.9 Å². The molecular formula is C19H24FN5O. The quantitative estimate of drug-likeness (QED) is 0.891. The summed E-state index contributed by atoms with van der Waals surface area (Å²) >= 11 is 0. The van der Waals surface area contributed by atoms with Crippen molar-refractivity contribution in [2.45, 2.75) is 32.4 Å². The highest BCUT2D eigenvalue weighted by atomic mass is 19.1. The molecule has 1 unspecified atom stereocenters. The summed E-state index contributed by atoms with van der Waals surface area (Å²) < 4.78 is 21.5. The van der Waals surface area contributed by atoms with Crippen LogP contribution in [0.25, 0.3) is 0 Å². The van der Waals surface area contributed by atoms with E-state index in [0.717, 1.165) is 43.1 Å². The van der Waals surface area contributed by atoms with E-state index in [2.05, 4.69) is 10.4 Å². The summed E-state index contributed by atoms with van der Waals surface area (Å²) in [6, 6.07) is 6.89. The molecule has 0 aliphatic carbocycles. The van der Waals surface area contributed by atoms with Gasteiger partial charge in [0.15, 0.2) is 0 Å². The van der Waals surface area contributed by atoms with Crippen LogP contribution < -0.4 is 15.0 Å². The Morgan fingerprint density at radius 2 is 2.27 bits per heavy atom. The summed E-state index contributed by atoms with van der Waals surface area (Å²) in [7, 11) is 3.52. The van der Waals surface area contributed by atoms with Crippen LogP contribution in [-0.4, -0.2) is 36.0 Å². The summed E-state index contributed by atoms with van der Waals surface area (Å²) in [4.78, 5) is 2.05. The van der Waals surface area contributed by atoms with Crippen molar-refractivity contribution in [2.24, 2.45) is 7.05 Å². The van der Waals surface area contributed by atoms with Gasteiger partial charge in [-0.15, -0.1) is 0 Å². The third kappa shape index (κ3) is 3.65. The highest BCUT2D eigenvalue weighted by molar-refractivity contribution is 5.51. The SMILES string of the molecule is COc1c(CNC2CCCN(c3ccc(C#N)cc3F)C2)c(C)nn1C. The minimum atomic E-state index is -0.338. The number of nitrogens with zero attached hydrogens (tertiary/aromatic N) is 4. The van der Waals surface area contributed by atoms with Crippen molar-refractivity contribution in [2.75, 3.05) is 25.1 Å². The van der Waals surface area contributed by atoms with Crippen molar-refractivity contribution in [3.05, 3.63) is 40.8 Å². The predicted octanol–water partition coefficient (Wildman–Crippen LogP) is 2.51. The van der Waals surface area contributed by atoms with Gasteiger partial charge in [-0.25, -0.2) is 9.07 Å². The Labute approximate surface area is 153 Å². The molecule has 1 aliphatic heterocycles. The lowest BCUT2D eigenvalue weighted by Crippen LogP contribution is -2.45. The zero-order valence-electron chi connectivity index (χ0n) is 15.4. The molecule has 3 rings (SSSR count). The number of methoxy groups -OCH3 is 1. The first kappa shape index (κ1) is 18.2. The Morgan fingerprint density at radius 3 is 2.96 bits per heavy atom. The largest absolute Gasteiger partial charge is 0.481 e. The summed E-state index contributed by atoms with van der Waals surface area (Å²) in [5, 5.41) is 16.9. The maximum atomic E-state index is 14.3. The number of hydrogen-bond acceptors (Lipinski definition) is 5. The van der Waals surface area contributed by atoms with Gasteiger partial charge in [0.1, 0.15) is 5.82 Å². The van der Waals surface area contributed by atoms with Gasteiger partial charge in [0, 0.05) is 32.7 Å². The third-order valence-corrected chi connectivity index (χ3v) is 4.89. The smallest absolute Gasteiger partial charge is 0.216 e. The second-order valence-electron chi connectivity index (χ2n) is 6.64. The molecule has 0 bridgehead atoms. The molecule has 1 atom stereocenters. The maximum absolute atomic E-state index is 14.3. The number of piperidine rings is 1. The van der Waals surface area contributed by atoms with Crippen LogP contribution in [0.5, 0.6) is 5.88 Å². The number of aromatic nitrogens is 2. The molecular weight excluding hydrogens is 333 g/mol. The van der Waals surface area contributed by atoms with Crippen LogP contribution in [-0.2, 0) is 13.6 Å². The van der Waals surface area contributed by atoms with E-state index >= 15 is 0 Å². The Balaban J connectivity index is 1.67. The molecule has 0 radical (unpaired) electrons. The van der Waals surface area contributed by atoms with E-state index in [9.17, 15) is 4.39 Å². The first-order valence-corrected chi connectivity index (χ1v) is 8.78. The van der Waals surface area contributed by atoms with Gasteiger partial charge < -0.3 is 15.0 Å². The fourth-order valence-electron chi connectivity index (χ4n) is 3.58. The van der Waals surface area contributed by atoms with Crippen molar-refractivity contribution in [1.82, 2.24) is 15.1 Å².